The highest BCUT2D eigenvalue weighted by atomic mass is 31.2. The molecule has 0 aliphatic rings. The van der Waals surface area contributed by atoms with Crippen LogP contribution in [0.15, 0.2) is 60.8 Å². The lowest BCUT2D eigenvalue weighted by Gasteiger charge is -2.21. The van der Waals surface area contributed by atoms with Gasteiger partial charge in [0.2, 0.25) is 0 Å². The van der Waals surface area contributed by atoms with E-state index >= 15 is 0 Å². The van der Waals surface area contributed by atoms with Crippen LogP contribution in [0.3, 0.4) is 0 Å². The average Bonchev–Trinajstić information content (AvgIpc) is 3.41. The fraction of sp³-hybridized carbons (Fsp3) is 0.797. The monoisotopic (exact) mass is 1090 g/mol. The topological polar surface area (TPSA) is 155 Å². The van der Waals surface area contributed by atoms with E-state index in [9.17, 15) is 28.9 Å². The molecule has 0 bridgehead atoms. The molecule has 0 aromatic carbocycles. The number of hydrogen-bond donors (Lipinski definition) is 2. The van der Waals surface area contributed by atoms with Crippen LogP contribution in [0.5, 0.6) is 0 Å². The molecular weight excluding hydrogens is 976 g/mol. The maximum absolute atomic E-state index is 12.9. The zero-order valence-electron chi connectivity index (χ0n) is 49.0. The van der Waals surface area contributed by atoms with E-state index in [0.29, 0.717) is 19.3 Å². The van der Waals surface area contributed by atoms with Gasteiger partial charge in [0, 0.05) is 19.3 Å². The van der Waals surface area contributed by atoms with Gasteiger partial charge in [0.05, 0.1) is 19.8 Å². The number of esters is 3. The minimum Gasteiger partial charge on any atom is -0.462 e. The number of rotatable bonds is 58. The molecule has 3 atom stereocenters. The van der Waals surface area contributed by atoms with Crippen molar-refractivity contribution in [2.75, 3.05) is 26.4 Å². The highest BCUT2D eigenvalue weighted by molar-refractivity contribution is 7.47. The summed E-state index contributed by atoms with van der Waals surface area (Å²) in [5.41, 5.74) is 0. The highest BCUT2D eigenvalue weighted by Gasteiger charge is 2.28. The van der Waals surface area contributed by atoms with Gasteiger partial charge in [-0.1, -0.05) is 223 Å². The first-order valence-corrected chi connectivity index (χ1v) is 32.7. The fourth-order valence-electron chi connectivity index (χ4n) is 8.59. The van der Waals surface area contributed by atoms with E-state index < -0.39 is 57.8 Å². The maximum Gasteiger partial charge on any atom is 0.472 e. The van der Waals surface area contributed by atoms with Crippen LogP contribution in [0.25, 0.3) is 0 Å². The van der Waals surface area contributed by atoms with Crippen molar-refractivity contribution in [3.05, 3.63) is 60.8 Å². The van der Waals surface area contributed by atoms with Crippen molar-refractivity contribution >= 4 is 25.7 Å². The summed E-state index contributed by atoms with van der Waals surface area (Å²) < 4.78 is 39.6. The molecule has 76 heavy (non-hydrogen) atoms. The van der Waals surface area contributed by atoms with Crippen molar-refractivity contribution in [1.82, 2.24) is 0 Å². The number of hydrogen-bond acceptors (Lipinski definition) is 10. The largest absolute Gasteiger partial charge is 0.472 e. The van der Waals surface area contributed by atoms with E-state index in [1.165, 1.54) is 116 Å². The number of allylic oxidation sites excluding steroid dienone is 10. The third-order valence-corrected chi connectivity index (χ3v) is 14.3. The molecule has 0 saturated carbocycles. The van der Waals surface area contributed by atoms with Gasteiger partial charge in [0.15, 0.2) is 6.10 Å². The van der Waals surface area contributed by atoms with Gasteiger partial charge in [-0.2, -0.15) is 0 Å². The van der Waals surface area contributed by atoms with Gasteiger partial charge >= 0.3 is 25.7 Å². The first-order valence-electron chi connectivity index (χ1n) is 31.2. The van der Waals surface area contributed by atoms with Gasteiger partial charge in [-0.15, -0.1) is 0 Å². The number of phosphoric acid groups is 1. The second-order valence-electron chi connectivity index (χ2n) is 20.9. The van der Waals surface area contributed by atoms with Gasteiger partial charge in [0.1, 0.15) is 12.7 Å². The molecule has 442 valence electrons. The average molecular weight is 1090 g/mol. The Morgan fingerprint density at radius 1 is 0.368 bits per heavy atom. The molecule has 0 aromatic rings. The molecule has 0 rings (SSSR count). The van der Waals surface area contributed by atoms with Crippen molar-refractivity contribution in [2.45, 2.75) is 303 Å². The predicted molar refractivity (Wildman–Crippen MR) is 316 cm³/mol. The summed E-state index contributed by atoms with van der Waals surface area (Å²) in [5.74, 6) is -1.48. The minimum absolute atomic E-state index is 0.159. The van der Waals surface area contributed by atoms with Crippen molar-refractivity contribution in [3.63, 3.8) is 0 Å². The Morgan fingerprint density at radius 2 is 0.645 bits per heavy atom. The second-order valence-corrected chi connectivity index (χ2v) is 22.3. The van der Waals surface area contributed by atoms with Gasteiger partial charge < -0.3 is 24.2 Å². The molecule has 0 aliphatic carbocycles. The van der Waals surface area contributed by atoms with E-state index in [1.807, 2.05) is 0 Å². The number of aliphatic hydroxyl groups excluding tert-OH is 1. The summed E-state index contributed by atoms with van der Waals surface area (Å²) in [5, 5.41) is 9.83. The van der Waals surface area contributed by atoms with Gasteiger partial charge in [-0.25, -0.2) is 4.57 Å². The molecule has 0 spiro atoms. The number of carbonyl (C=O) groups excluding carboxylic acids is 3. The molecule has 0 amide bonds. The second kappa shape index (κ2) is 58.3. The highest BCUT2D eigenvalue weighted by Crippen LogP contribution is 2.43. The van der Waals surface area contributed by atoms with Crippen LogP contribution in [-0.2, 0) is 42.2 Å². The van der Waals surface area contributed by atoms with Gasteiger partial charge in [-0.3, -0.25) is 23.4 Å². The van der Waals surface area contributed by atoms with E-state index in [-0.39, 0.29) is 25.9 Å². The Kier molecular flexibility index (Phi) is 56.2. The van der Waals surface area contributed by atoms with Crippen LogP contribution < -0.4 is 0 Å². The Balaban J connectivity index is 4.72. The lowest BCUT2D eigenvalue weighted by atomic mass is 10.1. The lowest BCUT2D eigenvalue weighted by Crippen LogP contribution is -2.30. The molecule has 3 unspecified atom stereocenters. The molecule has 0 radical (unpaired) electrons. The zero-order valence-corrected chi connectivity index (χ0v) is 49.9. The van der Waals surface area contributed by atoms with Crippen molar-refractivity contribution in [2.24, 2.45) is 0 Å². The molecule has 0 aromatic heterocycles. The number of aliphatic hydroxyl groups is 1. The Hall–Kier alpha value is -2.82. The van der Waals surface area contributed by atoms with E-state index in [4.69, 9.17) is 23.3 Å². The number of unbranched alkanes of at least 4 members (excludes halogenated alkanes) is 31. The third kappa shape index (κ3) is 55.9. The quantitative estimate of drug-likeness (QED) is 0.0197. The van der Waals surface area contributed by atoms with E-state index in [2.05, 4.69) is 81.5 Å². The summed E-state index contributed by atoms with van der Waals surface area (Å²) in [6.45, 7) is 4.60. The Labute approximate surface area is 465 Å². The molecule has 2 N–H and O–H groups in total. The lowest BCUT2D eigenvalue weighted by molar-refractivity contribution is -0.161. The molecule has 0 heterocycles. The van der Waals surface area contributed by atoms with Crippen LogP contribution in [0.4, 0.5) is 0 Å². The zero-order chi connectivity index (χ0) is 55.5. The predicted octanol–water partition coefficient (Wildman–Crippen LogP) is 18.7. The van der Waals surface area contributed by atoms with Crippen LogP contribution in [-0.4, -0.2) is 66.5 Å². The van der Waals surface area contributed by atoms with Gasteiger partial charge in [-0.05, 0) is 109 Å². The van der Waals surface area contributed by atoms with E-state index in [1.54, 1.807) is 0 Å². The van der Waals surface area contributed by atoms with Crippen molar-refractivity contribution < 1.29 is 52.2 Å². The maximum atomic E-state index is 12.9. The van der Waals surface area contributed by atoms with Crippen LogP contribution in [0, 0.1) is 0 Å². The summed E-state index contributed by atoms with van der Waals surface area (Å²) in [6, 6.07) is 0. The van der Waals surface area contributed by atoms with E-state index in [0.717, 1.165) is 116 Å². The van der Waals surface area contributed by atoms with Crippen molar-refractivity contribution in [1.29, 1.82) is 0 Å². The number of ether oxygens (including phenoxy) is 3. The Morgan fingerprint density at radius 3 is 1.01 bits per heavy atom. The summed E-state index contributed by atoms with van der Waals surface area (Å²) in [4.78, 5) is 48.7. The molecule has 0 saturated heterocycles. The molecule has 12 heteroatoms. The fourth-order valence-corrected chi connectivity index (χ4v) is 9.37. The summed E-state index contributed by atoms with van der Waals surface area (Å²) in [7, 11) is -4.76. The molecular formula is C64H115O11P. The van der Waals surface area contributed by atoms with Crippen LogP contribution in [0.1, 0.15) is 290 Å². The molecule has 11 nitrogen and oxygen atoms in total. The summed E-state index contributed by atoms with van der Waals surface area (Å²) >= 11 is 0. The van der Waals surface area contributed by atoms with Crippen LogP contribution >= 0.6 is 7.82 Å². The standard InChI is InChI=1S/C64H115O11P/c1-4-7-10-13-16-19-22-25-28-29-30-31-34-37-40-43-46-49-52-55-64(68)75-61(57-71-62(66)53-50-47-44-41-38-35-32-26-23-20-17-14-11-8-5-2)59-73-76(69,70)72-58-60(56-65)74-63(67)54-51-48-45-42-39-36-33-27-24-21-18-15-12-9-6-3/h16-17,19-20,25-28,32-33,60-61,65H,4-15,18,21-24,29-31,34-59H2,1-3H3,(H,69,70)/b19-16-,20-17-,28-25-,32-26-,33-27-. The first-order chi connectivity index (χ1) is 37.2. The molecule has 0 fully saturated rings. The summed E-state index contributed by atoms with van der Waals surface area (Å²) in [6.07, 6.45) is 64.5. The number of phosphoric ester groups is 1. The first kappa shape index (κ1) is 73.2. The minimum atomic E-state index is -4.76. The number of carbonyl (C=O) groups is 3. The molecule has 0 aliphatic heterocycles. The normalized spacial score (nSPS) is 13.7. The third-order valence-electron chi connectivity index (χ3n) is 13.4. The Bertz CT molecular complexity index is 1510. The van der Waals surface area contributed by atoms with Crippen molar-refractivity contribution in [3.8, 4) is 0 Å². The van der Waals surface area contributed by atoms with Crippen LogP contribution in [0.2, 0.25) is 0 Å². The SMILES string of the molecule is CCCCC/C=C\C/C=C\CCCCCCCCCCCC(=O)OC(COC(=O)CCCCCCC/C=C\C/C=C\CCCCC)COP(=O)(O)OCC(CO)OC(=O)CCCCCCC/C=C\CCCCCCCC. The smallest absolute Gasteiger partial charge is 0.462 e. The van der Waals surface area contributed by atoms with Gasteiger partial charge in [0.25, 0.3) is 0 Å².